The van der Waals surface area contributed by atoms with Crippen LogP contribution < -0.4 is 4.90 Å². The van der Waals surface area contributed by atoms with Gasteiger partial charge in [0.25, 0.3) is 5.91 Å². The fourth-order valence-electron chi connectivity index (χ4n) is 4.64. The van der Waals surface area contributed by atoms with Gasteiger partial charge in [-0.25, -0.2) is 14.8 Å². The highest BCUT2D eigenvalue weighted by molar-refractivity contribution is 6.03. The third kappa shape index (κ3) is 5.58. The molecule has 1 aromatic heterocycles. The van der Waals surface area contributed by atoms with Crippen molar-refractivity contribution in [2.24, 2.45) is 0 Å². The molecule has 0 radical (unpaired) electrons. The van der Waals surface area contributed by atoms with Crippen molar-refractivity contribution in [3.63, 3.8) is 0 Å². The van der Waals surface area contributed by atoms with Gasteiger partial charge in [-0.2, -0.15) is 0 Å². The van der Waals surface area contributed by atoms with E-state index in [2.05, 4.69) is 0 Å². The number of amides is 1. The number of aromatic nitrogens is 2. The molecule has 0 saturated carbocycles. The molecule has 6 nitrogen and oxygen atoms in total. The lowest BCUT2D eigenvalue weighted by atomic mass is 10.0. The second-order valence-electron chi connectivity index (χ2n) is 9.33. The molecule has 0 aliphatic heterocycles. The highest BCUT2D eigenvalue weighted by Crippen LogP contribution is 2.31. The number of rotatable bonds is 7. The zero-order chi connectivity index (χ0) is 28.0. The summed E-state index contributed by atoms with van der Waals surface area (Å²) in [5.74, 6) is -0.980. The van der Waals surface area contributed by atoms with Crippen LogP contribution in [0.15, 0.2) is 140 Å². The number of fused-ring (bicyclic) bond motifs is 1. The minimum Gasteiger partial charge on any atom is -0.452 e. The predicted octanol–water partition coefficient (Wildman–Crippen LogP) is 7.49. The third-order valence-electron chi connectivity index (χ3n) is 6.60. The van der Waals surface area contributed by atoms with E-state index in [1.807, 2.05) is 121 Å². The molecule has 1 heterocycles. The van der Waals surface area contributed by atoms with Gasteiger partial charge in [0.15, 0.2) is 6.61 Å². The lowest BCUT2D eigenvalue weighted by molar-refractivity contribution is -0.120. The number of carbonyl (C=O) groups is 2. The first-order valence-electron chi connectivity index (χ1n) is 13.2. The van der Waals surface area contributed by atoms with Gasteiger partial charge in [-0.3, -0.25) is 9.69 Å². The molecular weight excluding hydrogens is 510 g/mol. The summed E-state index contributed by atoms with van der Waals surface area (Å²) in [4.78, 5) is 37.8. The standard InChI is InChI=1S/C35H25N3O3/c39-32(38(28-17-9-3-10-18-28)29-19-11-4-12-20-29)24-41-35(40)27-21-22-30-31(23-27)37-34(26-15-7-2-8-16-26)33(36-30)25-13-5-1-6-14-25/h1-23H,24H2. The summed E-state index contributed by atoms with van der Waals surface area (Å²) in [7, 11) is 0. The lowest BCUT2D eigenvalue weighted by Crippen LogP contribution is -2.30. The molecule has 1 amide bonds. The Kier molecular flexibility index (Phi) is 7.28. The second-order valence-corrected chi connectivity index (χ2v) is 9.33. The first-order valence-corrected chi connectivity index (χ1v) is 13.2. The predicted molar refractivity (Wildman–Crippen MR) is 161 cm³/mol. The van der Waals surface area contributed by atoms with E-state index in [9.17, 15) is 9.59 Å². The Labute approximate surface area is 237 Å². The number of ether oxygens (including phenoxy) is 1. The van der Waals surface area contributed by atoms with Gasteiger partial charge < -0.3 is 4.74 Å². The Morgan fingerprint density at radius 2 is 1.02 bits per heavy atom. The Morgan fingerprint density at radius 1 is 0.561 bits per heavy atom. The molecule has 6 rings (SSSR count). The van der Waals surface area contributed by atoms with Gasteiger partial charge in [0.05, 0.1) is 28.0 Å². The minimum absolute atomic E-state index is 0.289. The summed E-state index contributed by atoms with van der Waals surface area (Å²) in [6.07, 6.45) is 0. The van der Waals surface area contributed by atoms with Crippen LogP contribution in [0.25, 0.3) is 33.5 Å². The highest BCUT2D eigenvalue weighted by atomic mass is 16.5. The van der Waals surface area contributed by atoms with Gasteiger partial charge in [-0.1, -0.05) is 97.1 Å². The molecule has 6 heteroatoms. The van der Waals surface area contributed by atoms with Gasteiger partial charge in [-0.15, -0.1) is 0 Å². The van der Waals surface area contributed by atoms with Gasteiger partial charge in [0.1, 0.15) is 0 Å². The molecule has 0 spiro atoms. The van der Waals surface area contributed by atoms with Crippen molar-refractivity contribution in [1.29, 1.82) is 0 Å². The van der Waals surface area contributed by atoms with Crippen LogP contribution in [0.4, 0.5) is 11.4 Å². The molecule has 0 unspecified atom stereocenters. The molecule has 6 aromatic rings. The molecule has 0 aliphatic carbocycles. The Morgan fingerprint density at radius 3 is 1.54 bits per heavy atom. The Bertz CT molecular complexity index is 1770. The van der Waals surface area contributed by atoms with E-state index in [0.717, 1.165) is 16.8 Å². The van der Waals surface area contributed by atoms with Crippen LogP contribution in [-0.2, 0) is 9.53 Å². The topological polar surface area (TPSA) is 72.4 Å². The first kappa shape index (κ1) is 25.6. The molecule has 0 N–H and O–H groups in total. The van der Waals surface area contributed by atoms with Crippen molar-refractivity contribution < 1.29 is 14.3 Å². The fraction of sp³-hybridized carbons (Fsp3) is 0.0286. The first-order chi connectivity index (χ1) is 20.2. The van der Waals surface area contributed by atoms with E-state index in [1.165, 1.54) is 4.90 Å². The summed E-state index contributed by atoms with van der Waals surface area (Å²) in [5, 5.41) is 0. The molecule has 0 fully saturated rings. The summed E-state index contributed by atoms with van der Waals surface area (Å²) in [5.41, 5.74) is 6.20. The number of benzene rings is 5. The van der Waals surface area contributed by atoms with E-state index in [-0.39, 0.29) is 11.5 Å². The normalized spacial score (nSPS) is 10.7. The van der Waals surface area contributed by atoms with E-state index in [0.29, 0.717) is 28.1 Å². The van der Waals surface area contributed by atoms with Gasteiger partial charge >= 0.3 is 5.97 Å². The minimum atomic E-state index is -0.614. The Hall–Kier alpha value is -5.62. The van der Waals surface area contributed by atoms with Crippen LogP contribution in [0, 0.1) is 0 Å². The average Bonchev–Trinajstić information content (AvgIpc) is 3.04. The number of hydrogen-bond acceptors (Lipinski definition) is 5. The molecular formula is C35H25N3O3. The largest absolute Gasteiger partial charge is 0.452 e. The van der Waals surface area contributed by atoms with E-state index in [1.54, 1.807) is 18.2 Å². The van der Waals surface area contributed by atoms with Crippen LogP contribution in [0.1, 0.15) is 10.4 Å². The Balaban J connectivity index is 1.28. The van der Waals surface area contributed by atoms with E-state index in [4.69, 9.17) is 14.7 Å². The third-order valence-corrected chi connectivity index (χ3v) is 6.60. The zero-order valence-corrected chi connectivity index (χ0v) is 22.1. The highest BCUT2D eigenvalue weighted by Gasteiger charge is 2.21. The quantitative estimate of drug-likeness (QED) is 0.198. The maximum absolute atomic E-state index is 13.3. The zero-order valence-electron chi connectivity index (χ0n) is 22.1. The number of anilines is 2. The molecule has 41 heavy (non-hydrogen) atoms. The fourth-order valence-corrected chi connectivity index (χ4v) is 4.64. The molecule has 0 saturated heterocycles. The van der Waals surface area contributed by atoms with Crippen molar-refractivity contribution in [3.8, 4) is 22.5 Å². The monoisotopic (exact) mass is 535 g/mol. The van der Waals surface area contributed by atoms with Crippen molar-refractivity contribution in [2.75, 3.05) is 11.5 Å². The molecule has 198 valence electrons. The lowest BCUT2D eigenvalue weighted by Gasteiger charge is -2.22. The van der Waals surface area contributed by atoms with Crippen LogP contribution in [0.2, 0.25) is 0 Å². The van der Waals surface area contributed by atoms with Crippen LogP contribution in [-0.4, -0.2) is 28.5 Å². The van der Waals surface area contributed by atoms with Crippen molar-refractivity contribution in [3.05, 3.63) is 145 Å². The van der Waals surface area contributed by atoms with Crippen LogP contribution >= 0.6 is 0 Å². The summed E-state index contributed by atoms with van der Waals surface area (Å²) < 4.78 is 5.49. The van der Waals surface area contributed by atoms with Crippen molar-refractivity contribution in [1.82, 2.24) is 9.97 Å². The summed E-state index contributed by atoms with van der Waals surface area (Å²) >= 11 is 0. The van der Waals surface area contributed by atoms with E-state index >= 15 is 0 Å². The SMILES string of the molecule is O=C(OCC(=O)N(c1ccccc1)c1ccccc1)c1ccc2nc(-c3ccccc3)c(-c3ccccc3)nc2c1. The van der Waals surface area contributed by atoms with Crippen molar-refractivity contribution in [2.45, 2.75) is 0 Å². The number of nitrogens with zero attached hydrogens (tertiary/aromatic N) is 3. The molecule has 5 aromatic carbocycles. The van der Waals surface area contributed by atoms with E-state index < -0.39 is 12.6 Å². The number of hydrogen-bond donors (Lipinski definition) is 0. The van der Waals surface area contributed by atoms with Gasteiger partial charge in [0, 0.05) is 22.5 Å². The van der Waals surface area contributed by atoms with Gasteiger partial charge in [0.2, 0.25) is 0 Å². The summed E-state index contributed by atoms with van der Waals surface area (Å²) in [6, 6.07) is 43.3. The molecule has 0 aliphatic rings. The maximum atomic E-state index is 13.3. The smallest absolute Gasteiger partial charge is 0.338 e. The van der Waals surface area contributed by atoms with Crippen LogP contribution in [0.5, 0.6) is 0 Å². The number of carbonyl (C=O) groups excluding carboxylic acids is 2. The molecule has 0 bridgehead atoms. The average molecular weight is 536 g/mol. The maximum Gasteiger partial charge on any atom is 0.338 e. The second kappa shape index (κ2) is 11.6. The van der Waals surface area contributed by atoms with Crippen molar-refractivity contribution >= 4 is 34.3 Å². The molecule has 0 atom stereocenters. The number of para-hydroxylation sites is 2. The van der Waals surface area contributed by atoms with Gasteiger partial charge in [-0.05, 0) is 42.5 Å². The van der Waals surface area contributed by atoms with Crippen LogP contribution in [0.3, 0.4) is 0 Å². The summed E-state index contributed by atoms with van der Waals surface area (Å²) in [6.45, 7) is -0.422. The number of esters is 1.